The predicted octanol–water partition coefficient (Wildman–Crippen LogP) is 3.24. The summed E-state index contributed by atoms with van der Waals surface area (Å²) in [6, 6.07) is 11.7. The van der Waals surface area contributed by atoms with Crippen molar-refractivity contribution in [1.29, 1.82) is 0 Å². The molecular weight excluding hydrogens is 398 g/mol. The summed E-state index contributed by atoms with van der Waals surface area (Å²) in [6.07, 6.45) is 6.80. The van der Waals surface area contributed by atoms with Gasteiger partial charge in [0.15, 0.2) is 5.96 Å². The molecule has 1 aromatic rings. The predicted molar refractivity (Wildman–Crippen MR) is 130 cm³/mol. The van der Waals surface area contributed by atoms with E-state index in [1.807, 2.05) is 0 Å². The zero-order valence-electron chi connectivity index (χ0n) is 19.9. The van der Waals surface area contributed by atoms with Crippen LogP contribution in [0.15, 0.2) is 35.3 Å². The molecule has 176 valence electrons. The molecule has 6 nitrogen and oxygen atoms in total. The van der Waals surface area contributed by atoms with E-state index >= 15 is 0 Å². The fraction of sp³-hybridized carbons (Fsp3) is 0.692. The number of hydrogen-bond donors (Lipinski definition) is 2. The molecule has 1 aromatic carbocycles. The van der Waals surface area contributed by atoms with Gasteiger partial charge in [0.05, 0.1) is 0 Å². The summed E-state index contributed by atoms with van der Waals surface area (Å²) in [5.41, 5.74) is 1.39. The van der Waals surface area contributed by atoms with Crippen LogP contribution in [-0.4, -0.2) is 66.5 Å². The van der Waals surface area contributed by atoms with E-state index < -0.39 is 0 Å². The summed E-state index contributed by atoms with van der Waals surface area (Å²) in [6.45, 7) is 9.96. The minimum atomic E-state index is 0.277. The number of hydrogen-bond acceptors (Lipinski definition) is 3. The highest BCUT2D eigenvalue weighted by atomic mass is 16.2. The molecule has 0 aromatic heterocycles. The maximum Gasteiger partial charge on any atom is 0.225 e. The van der Waals surface area contributed by atoms with E-state index in [0.717, 1.165) is 64.5 Å². The SMILES string of the molecule is CCNC(=NCC1CC(C)N(Cc2ccccc2)C1)NC1CCN(C(=O)C2CCCC2)C1. The van der Waals surface area contributed by atoms with Crippen molar-refractivity contribution in [2.24, 2.45) is 16.8 Å². The summed E-state index contributed by atoms with van der Waals surface area (Å²) in [5, 5.41) is 7.03. The summed E-state index contributed by atoms with van der Waals surface area (Å²) in [7, 11) is 0. The molecule has 1 saturated carbocycles. The number of benzene rings is 1. The van der Waals surface area contributed by atoms with Gasteiger partial charge in [0.1, 0.15) is 0 Å². The van der Waals surface area contributed by atoms with Gasteiger partial charge < -0.3 is 15.5 Å². The van der Waals surface area contributed by atoms with Crippen LogP contribution in [0.25, 0.3) is 0 Å². The van der Waals surface area contributed by atoms with Crippen molar-refractivity contribution in [2.75, 3.05) is 32.7 Å². The average Bonchev–Trinajstić information content (AvgIpc) is 3.55. The minimum absolute atomic E-state index is 0.277. The Bertz CT molecular complexity index is 761. The van der Waals surface area contributed by atoms with Gasteiger partial charge in [-0.1, -0.05) is 43.2 Å². The van der Waals surface area contributed by atoms with E-state index in [-0.39, 0.29) is 5.92 Å². The standard InChI is InChI=1S/C26H41N5O/c1-3-27-26(29-24-13-14-30(19-24)25(32)23-11-7-8-12-23)28-16-22-15-20(2)31(18-22)17-21-9-5-4-6-10-21/h4-6,9-10,20,22-24H,3,7-8,11-19H2,1-2H3,(H2,27,28,29). The van der Waals surface area contributed by atoms with E-state index in [0.29, 0.717) is 23.9 Å². The first-order valence-electron chi connectivity index (χ1n) is 12.7. The van der Waals surface area contributed by atoms with Gasteiger partial charge in [-0.3, -0.25) is 14.7 Å². The first-order chi connectivity index (χ1) is 15.6. The van der Waals surface area contributed by atoms with Gasteiger partial charge in [-0.25, -0.2) is 0 Å². The fourth-order valence-corrected chi connectivity index (χ4v) is 5.63. The summed E-state index contributed by atoms with van der Waals surface area (Å²) < 4.78 is 0. The van der Waals surface area contributed by atoms with Crippen molar-refractivity contribution < 1.29 is 4.79 Å². The van der Waals surface area contributed by atoms with Gasteiger partial charge in [-0.2, -0.15) is 0 Å². The second-order valence-electron chi connectivity index (χ2n) is 9.98. The smallest absolute Gasteiger partial charge is 0.225 e. The topological polar surface area (TPSA) is 60.0 Å². The van der Waals surface area contributed by atoms with Crippen LogP contribution in [0.1, 0.15) is 57.9 Å². The van der Waals surface area contributed by atoms with Crippen LogP contribution >= 0.6 is 0 Å². The zero-order valence-corrected chi connectivity index (χ0v) is 19.9. The zero-order chi connectivity index (χ0) is 22.3. The van der Waals surface area contributed by atoms with Crippen LogP contribution in [0.4, 0.5) is 0 Å². The van der Waals surface area contributed by atoms with Crippen LogP contribution in [0.5, 0.6) is 0 Å². The molecule has 4 rings (SSSR count). The van der Waals surface area contributed by atoms with Crippen LogP contribution in [0, 0.1) is 11.8 Å². The van der Waals surface area contributed by atoms with E-state index in [1.54, 1.807) is 0 Å². The molecule has 2 heterocycles. The third-order valence-corrected chi connectivity index (χ3v) is 7.42. The molecular formula is C26H41N5O. The van der Waals surface area contributed by atoms with Crippen LogP contribution in [-0.2, 0) is 11.3 Å². The number of carbonyl (C=O) groups is 1. The van der Waals surface area contributed by atoms with Crippen LogP contribution < -0.4 is 10.6 Å². The molecule has 0 spiro atoms. The van der Waals surface area contributed by atoms with Crippen molar-refractivity contribution in [3.63, 3.8) is 0 Å². The Morgan fingerprint density at radius 2 is 1.91 bits per heavy atom. The lowest BCUT2D eigenvalue weighted by Gasteiger charge is -2.22. The van der Waals surface area contributed by atoms with Crippen molar-refractivity contribution in [1.82, 2.24) is 20.4 Å². The average molecular weight is 440 g/mol. The molecule has 0 bridgehead atoms. The highest BCUT2D eigenvalue weighted by Crippen LogP contribution is 2.28. The number of rotatable bonds is 7. The number of nitrogens with one attached hydrogen (secondary N) is 2. The molecule has 2 saturated heterocycles. The number of likely N-dealkylation sites (tertiary alicyclic amines) is 2. The number of guanidine groups is 1. The normalized spacial score (nSPS) is 27.2. The largest absolute Gasteiger partial charge is 0.357 e. The molecule has 2 aliphatic heterocycles. The molecule has 1 amide bonds. The first kappa shape index (κ1) is 23.1. The fourth-order valence-electron chi connectivity index (χ4n) is 5.63. The van der Waals surface area contributed by atoms with Crippen molar-refractivity contribution >= 4 is 11.9 Å². The Morgan fingerprint density at radius 1 is 1.12 bits per heavy atom. The Balaban J connectivity index is 1.26. The quantitative estimate of drug-likeness (QED) is 0.506. The van der Waals surface area contributed by atoms with Crippen LogP contribution in [0.3, 0.4) is 0 Å². The van der Waals surface area contributed by atoms with Gasteiger partial charge in [-0.05, 0) is 51.0 Å². The monoisotopic (exact) mass is 439 g/mol. The van der Waals surface area contributed by atoms with Gasteiger partial charge in [0.2, 0.25) is 5.91 Å². The number of nitrogens with zero attached hydrogens (tertiary/aromatic N) is 3. The van der Waals surface area contributed by atoms with Crippen LogP contribution in [0.2, 0.25) is 0 Å². The molecule has 6 heteroatoms. The molecule has 32 heavy (non-hydrogen) atoms. The van der Waals surface area contributed by atoms with Crippen molar-refractivity contribution in [2.45, 2.75) is 71.0 Å². The Hall–Kier alpha value is -2.08. The Kier molecular flexibility index (Phi) is 8.06. The maximum atomic E-state index is 12.7. The highest BCUT2D eigenvalue weighted by Gasteiger charge is 2.33. The Morgan fingerprint density at radius 3 is 2.66 bits per heavy atom. The van der Waals surface area contributed by atoms with Gasteiger partial charge in [0, 0.05) is 57.3 Å². The maximum absolute atomic E-state index is 12.7. The van der Waals surface area contributed by atoms with Gasteiger partial charge >= 0.3 is 0 Å². The number of carbonyl (C=O) groups excluding carboxylic acids is 1. The molecule has 3 unspecified atom stereocenters. The molecule has 1 aliphatic carbocycles. The van der Waals surface area contributed by atoms with E-state index in [1.165, 1.54) is 24.8 Å². The number of aliphatic imine (C=N–C) groups is 1. The Labute approximate surface area is 193 Å². The van der Waals surface area contributed by atoms with Gasteiger partial charge in [0.25, 0.3) is 0 Å². The first-order valence-corrected chi connectivity index (χ1v) is 12.7. The third-order valence-electron chi connectivity index (χ3n) is 7.42. The lowest BCUT2D eigenvalue weighted by Crippen LogP contribution is -2.45. The molecule has 3 aliphatic rings. The molecule has 2 N–H and O–H groups in total. The lowest BCUT2D eigenvalue weighted by atomic mass is 10.1. The molecule has 3 fully saturated rings. The van der Waals surface area contributed by atoms with E-state index in [9.17, 15) is 4.79 Å². The molecule has 0 radical (unpaired) electrons. The summed E-state index contributed by atoms with van der Waals surface area (Å²) in [5.74, 6) is 2.15. The van der Waals surface area contributed by atoms with Crippen molar-refractivity contribution in [3.8, 4) is 0 Å². The lowest BCUT2D eigenvalue weighted by molar-refractivity contribution is -0.134. The van der Waals surface area contributed by atoms with E-state index in [2.05, 4.69) is 64.6 Å². The second-order valence-corrected chi connectivity index (χ2v) is 9.98. The highest BCUT2D eigenvalue weighted by molar-refractivity contribution is 5.81. The summed E-state index contributed by atoms with van der Waals surface area (Å²) in [4.78, 5) is 22.4. The minimum Gasteiger partial charge on any atom is -0.357 e. The van der Waals surface area contributed by atoms with Crippen molar-refractivity contribution in [3.05, 3.63) is 35.9 Å². The summed E-state index contributed by atoms with van der Waals surface area (Å²) >= 11 is 0. The third kappa shape index (κ3) is 6.03. The molecule has 3 atom stereocenters. The second kappa shape index (κ2) is 11.2. The van der Waals surface area contributed by atoms with E-state index in [4.69, 9.17) is 4.99 Å². The van der Waals surface area contributed by atoms with Gasteiger partial charge in [-0.15, -0.1) is 0 Å². The number of amides is 1.